The van der Waals surface area contributed by atoms with Crippen LogP contribution in [0.1, 0.15) is 30.5 Å². The van der Waals surface area contributed by atoms with E-state index in [1.165, 1.54) is 11.6 Å². The first-order valence-corrected chi connectivity index (χ1v) is 9.13. The van der Waals surface area contributed by atoms with E-state index in [9.17, 15) is 4.79 Å². The Morgan fingerprint density at radius 3 is 2.50 bits per heavy atom. The number of carbonyl (C=O) groups excluding carboxylic acids is 1. The normalized spacial score (nSPS) is 11.0. The maximum Gasteiger partial charge on any atom is 0.331 e. The van der Waals surface area contributed by atoms with Gasteiger partial charge in [0.2, 0.25) is 0 Å². The lowest BCUT2D eigenvalue weighted by Crippen LogP contribution is -2.08. The lowest BCUT2D eigenvalue weighted by molar-refractivity contribution is -0.141. The summed E-state index contributed by atoms with van der Waals surface area (Å²) in [5.74, 6) is 0.827. The highest BCUT2D eigenvalue weighted by atomic mass is 79.9. The van der Waals surface area contributed by atoms with E-state index in [-0.39, 0.29) is 12.1 Å². The summed E-state index contributed by atoms with van der Waals surface area (Å²) in [6, 6.07) is 11.9. The number of halogens is 1. The largest absolute Gasteiger partial charge is 0.493 e. The molecule has 0 fully saturated rings. The lowest BCUT2D eigenvalue weighted by atomic mass is 10.1. The predicted molar refractivity (Wildman–Crippen MR) is 106 cm³/mol. The topological polar surface area (TPSA) is 44.8 Å². The Morgan fingerprint density at radius 2 is 1.88 bits per heavy atom. The summed E-state index contributed by atoms with van der Waals surface area (Å²) in [5, 5.41) is 0. The van der Waals surface area contributed by atoms with Gasteiger partial charge < -0.3 is 14.2 Å². The van der Waals surface area contributed by atoms with Gasteiger partial charge in [-0.1, -0.05) is 29.8 Å². The third kappa shape index (κ3) is 5.92. The predicted octanol–water partition coefficient (Wildman–Crippen LogP) is 5.31. The van der Waals surface area contributed by atoms with Gasteiger partial charge in [-0.05, 0) is 66.0 Å². The molecule has 2 aromatic rings. The van der Waals surface area contributed by atoms with Crippen molar-refractivity contribution >= 4 is 28.0 Å². The molecule has 0 N–H and O–H groups in total. The molecule has 0 radical (unpaired) electrons. The number of hydrogen-bond donors (Lipinski definition) is 0. The molecule has 4 nitrogen and oxygen atoms in total. The molecule has 0 unspecified atom stereocenters. The van der Waals surface area contributed by atoms with Gasteiger partial charge in [-0.2, -0.15) is 0 Å². The molecular formula is C21H23BrO4. The van der Waals surface area contributed by atoms with E-state index in [0.717, 1.165) is 15.6 Å². The summed E-state index contributed by atoms with van der Waals surface area (Å²) in [6.45, 7) is 6.11. The first kappa shape index (κ1) is 20.0. The average Bonchev–Trinajstić information content (AvgIpc) is 2.59. The van der Waals surface area contributed by atoms with E-state index >= 15 is 0 Å². The number of esters is 1. The van der Waals surface area contributed by atoms with Crippen LogP contribution in [0.3, 0.4) is 0 Å². The van der Waals surface area contributed by atoms with Crippen LogP contribution in [0, 0.1) is 6.92 Å². The van der Waals surface area contributed by atoms with Crippen LogP contribution in [0.4, 0.5) is 0 Å². The fourth-order valence-corrected chi connectivity index (χ4v) is 2.83. The summed E-state index contributed by atoms with van der Waals surface area (Å²) < 4.78 is 17.2. The number of rotatable bonds is 7. The van der Waals surface area contributed by atoms with Crippen LogP contribution in [0.5, 0.6) is 11.5 Å². The van der Waals surface area contributed by atoms with E-state index in [1.807, 2.05) is 45.0 Å². The number of hydrogen-bond acceptors (Lipinski definition) is 4. The van der Waals surface area contributed by atoms with Crippen LogP contribution in [0.15, 0.2) is 46.9 Å². The SMILES string of the molecule is COc1cc(/C=C/C(=O)OC(C)C)cc(Br)c1OCc1ccc(C)cc1. The van der Waals surface area contributed by atoms with Crippen molar-refractivity contribution in [3.63, 3.8) is 0 Å². The van der Waals surface area contributed by atoms with E-state index in [0.29, 0.717) is 18.1 Å². The maximum absolute atomic E-state index is 11.6. The Hall–Kier alpha value is -2.27. The van der Waals surface area contributed by atoms with Crippen LogP contribution in [-0.2, 0) is 16.1 Å². The van der Waals surface area contributed by atoms with Crippen molar-refractivity contribution in [1.82, 2.24) is 0 Å². The molecule has 2 rings (SSSR count). The van der Waals surface area contributed by atoms with Gasteiger partial charge in [0.05, 0.1) is 17.7 Å². The van der Waals surface area contributed by atoms with Gasteiger partial charge in [0.1, 0.15) is 6.61 Å². The zero-order chi connectivity index (χ0) is 19.1. The van der Waals surface area contributed by atoms with Crippen LogP contribution in [0.25, 0.3) is 6.08 Å². The van der Waals surface area contributed by atoms with Crippen molar-refractivity contribution < 1.29 is 19.0 Å². The molecule has 0 bridgehead atoms. The van der Waals surface area contributed by atoms with Crippen LogP contribution in [-0.4, -0.2) is 19.2 Å². The number of aryl methyl sites for hydroxylation is 1. The summed E-state index contributed by atoms with van der Waals surface area (Å²) in [4.78, 5) is 11.6. The van der Waals surface area contributed by atoms with Crippen LogP contribution < -0.4 is 9.47 Å². The fraction of sp³-hybridized carbons (Fsp3) is 0.286. The third-order valence-corrected chi connectivity index (χ3v) is 4.11. The zero-order valence-corrected chi connectivity index (χ0v) is 17.0. The molecule has 0 saturated heterocycles. The van der Waals surface area contributed by atoms with Crippen molar-refractivity contribution in [3.05, 3.63) is 63.6 Å². The second-order valence-electron chi connectivity index (χ2n) is 6.13. The van der Waals surface area contributed by atoms with E-state index in [4.69, 9.17) is 14.2 Å². The third-order valence-electron chi connectivity index (χ3n) is 3.52. The highest BCUT2D eigenvalue weighted by Gasteiger charge is 2.11. The monoisotopic (exact) mass is 418 g/mol. The Balaban J connectivity index is 2.14. The minimum atomic E-state index is -0.380. The molecule has 0 heterocycles. The molecule has 0 spiro atoms. The first-order valence-electron chi connectivity index (χ1n) is 8.33. The molecule has 0 amide bonds. The number of benzene rings is 2. The molecule has 0 aliphatic carbocycles. The Labute approximate surface area is 162 Å². The van der Waals surface area contributed by atoms with Gasteiger partial charge in [0.25, 0.3) is 0 Å². The lowest BCUT2D eigenvalue weighted by Gasteiger charge is -2.14. The maximum atomic E-state index is 11.6. The zero-order valence-electron chi connectivity index (χ0n) is 15.4. The fourth-order valence-electron chi connectivity index (χ4n) is 2.25. The highest BCUT2D eigenvalue weighted by Crippen LogP contribution is 2.37. The molecule has 0 aromatic heterocycles. The summed E-state index contributed by atoms with van der Waals surface area (Å²) in [6.07, 6.45) is 2.93. The van der Waals surface area contributed by atoms with Crippen LogP contribution in [0.2, 0.25) is 0 Å². The molecule has 2 aromatic carbocycles. The van der Waals surface area contributed by atoms with Gasteiger partial charge in [-0.15, -0.1) is 0 Å². The Morgan fingerprint density at radius 1 is 1.19 bits per heavy atom. The number of carbonyl (C=O) groups is 1. The summed E-state index contributed by atoms with van der Waals surface area (Å²) in [7, 11) is 1.58. The van der Waals surface area contributed by atoms with Crippen molar-refractivity contribution in [1.29, 1.82) is 0 Å². The van der Waals surface area contributed by atoms with E-state index in [2.05, 4.69) is 28.1 Å². The molecule has 138 valence electrons. The van der Waals surface area contributed by atoms with E-state index in [1.54, 1.807) is 13.2 Å². The summed E-state index contributed by atoms with van der Waals surface area (Å²) in [5.41, 5.74) is 3.08. The van der Waals surface area contributed by atoms with Gasteiger partial charge in [-0.25, -0.2) is 4.79 Å². The number of methoxy groups -OCH3 is 1. The van der Waals surface area contributed by atoms with Crippen molar-refractivity contribution in [2.24, 2.45) is 0 Å². The molecule has 26 heavy (non-hydrogen) atoms. The van der Waals surface area contributed by atoms with Gasteiger partial charge in [-0.3, -0.25) is 0 Å². The van der Waals surface area contributed by atoms with E-state index < -0.39 is 0 Å². The molecule has 5 heteroatoms. The standard InChI is InChI=1S/C21H23BrO4/c1-14(2)26-20(23)10-9-17-11-18(22)21(19(12-17)24-4)25-13-16-7-5-15(3)6-8-16/h5-12,14H,13H2,1-4H3/b10-9+. The average molecular weight is 419 g/mol. The second-order valence-corrected chi connectivity index (χ2v) is 6.98. The first-order chi connectivity index (χ1) is 12.4. The highest BCUT2D eigenvalue weighted by molar-refractivity contribution is 9.10. The quantitative estimate of drug-likeness (QED) is 0.451. The minimum Gasteiger partial charge on any atom is -0.493 e. The molecule has 0 atom stereocenters. The Kier molecular flexibility index (Phi) is 7.27. The minimum absolute atomic E-state index is 0.147. The van der Waals surface area contributed by atoms with Gasteiger partial charge >= 0.3 is 5.97 Å². The molecule has 0 aliphatic heterocycles. The second kappa shape index (κ2) is 9.43. The molecule has 0 saturated carbocycles. The van der Waals surface area contributed by atoms with Crippen molar-refractivity contribution in [3.8, 4) is 11.5 Å². The smallest absolute Gasteiger partial charge is 0.331 e. The number of ether oxygens (including phenoxy) is 3. The van der Waals surface area contributed by atoms with Crippen molar-refractivity contribution in [2.75, 3.05) is 7.11 Å². The van der Waals surface area contributed by atoms with Crippen molar-refractivity contribution in [2.45, 2.75) is 33.5 Å². The molecule has 0 aliphatic rings. The Bertz CT molecular complexity index is 779. The summed E-state index contributed by atoms with van der Waals surface area (Å²) >= 11 is 3.52. The van der Waals surface area contributed by atoms with Gasteiger partial charge in [0, 0.05) is 6.08 Å². The van der Waals surface area contributed by atoms with Gasteiger partial charge in [0.15, 0.2) is 11.5 Å². The van der Waals surface area contributed by atoms with Crippen LogP contribution >= 0.6 is 15.9 Å². The molecular weight excluding hydrogens is 396 g/mol.